The number of hydrogen-bond acceptors (Lipinski definition) is 8. The maximum atomic E-state index is 14.9. The predicted molar refractivity (Wildman–Crippen MR) is 133 cm³/mol. The summed E-state index contributed by atoms with van der Waals surface area (Å²) in [7, 11) is -3.53. The zero-order valence-corrected chi connectivity index (χ0v) is 22.5. The average Bonchev–Trinajstić information content (AvgIpc) is 3.47. The lowest BCUT2D eigenvalue weighted by Crippen LogP contribution is -2.70. The van der Waals surface area contributed by atoms with Gasteiger partial charge in [-0.1, -0.05) is 48.5 Å². The zero-order chi connectivity index (χ0) is 27.7. The smallest absolute Gasteiger partial charge is 0.342 e. The number of rotatable bonds is 8. The molecule has 8 nitrogen and oxygen atoms in total. The minimum absolute atomic E-state index is 0.0927. The largest absolute Gasteiger partial charge is 0.492 e. The topological polar surface area (TPSA) is 73.4 Å². The van der Waals surface area contributed by atoms with Crippen LogP contribution in [0.2, 0.25) is 0 Å². The first kappa shape index (κ1) is 29.1. The summed E-state index contributed by atoms with van der Waals surface area (Å²) >= 11 is 6.88. The number of halogens is 5. The normalized spacial score (nSPS) is 25.4. The SMILES string of the molecule is CN(C1CCN(Cc2ccccc2)C1)[C@]1(N(OC(=O)C(F)(F)F)S(=O)(=O)c2ccccc2)CS[C@H](F)N1Cl. The highest BCUT2D eigenvalue weighted by Gasteiger charge is 2.63. The molecule has 0 amide bonds. The molecule has 2 fully saturated rings. The molecule has 2 aliphatic rings. The van der Waals surface area contributed by atoms with E-state index in [9.17, 15) is 30.8 Å². The van der Waals surface area contributed by atoms with E-state index in [1.807, 2.05) is 30.3 Å². The molecule has 38 heavy (non-hydrogen) atoms. The number of hydrogen-bond donors (Lipinski definition) is 0. The van der Waals surface area contributed by atoms with Gasteiger partial charge in [-0.25, -0.2) is 17.6 Å². The Morgan fingerprint density at radius 1 is 1.16 bits per heavy atom. The molecule has 0 N–H and O–H groups in total. The number of alkyl halides is 4. The van der Waals surface area contributed by atoms with Crippen LogP contribution < -0.4 is 0 Å². The van der Waals surface area contributed by atoms with E-state index in [2.05, 4.69) is 9.74 Å². The third-order valence-electron chi connectivity index (χ3n) is 6.49. The van der Waals surface area contributed by atoms with Crippen molar-refractivity contribution in [1.82, 2.24) is 18.7 Å². The molecule has 0 aromatic heterocycles. The van der Waals surface area contributed by atoms with Crippen molar-refractivity contribution in [2.24, 2.45) is 0 Å². The summed E-state index contributed by atoms with van der Waals surface area (Å²) in [4.78, 5) is 19.6. The number of likely N-dealkylation sites (tertiary alicyclic amines) is 1. The summed E-state index contributed by atoms with van der Waals surface area (Å²) in [6, 6.07) is 15.6. The monoisotopic (exact) mass is 596 g/mol. The first-order valence-corrected chi connectivity index (χ1v) is 14.3. The van der Waals surface area contributed by atoms with Gasteiger partial charge in [-0.05, 0) is 42.9 Å². The third kappa shape index (κ3) is 5.67. The molecule has 1 unspecified atom stereocenters. The van der Waals surface area contributed by atoms with Gasteiger partial charge in [0, 0.05) is 35.9 Å². The molecule has 0 saturated carbocycles. The second-order valence-corrected chi connectivity index (χ2v) is 12.0. The van der Waals surface area contributed by atoms with Crippen LogP contribution in [0.5, 0.6) is 0 Å². The number of carbonyl (C=O) groups excluding carboxylic acids is 1. The average molecular weight is 597 g/mol. The van der Waals surface area contributed by atoms with Crippen LogP contribution in [0, 0.1) is 0 Å². The molecule has 0 aliphatic carbocycles. The molecule has 0 radical (unpaired) electrons. The highest BCUT2D eigenvalue weighted by Crippen LogP contribution is 2.47. The molecule has 15 heteroatoms. The van der Waals surface area contributed by atoms with E-state index in [0.717, 1.165) is 17.7 Å². The van der Waals surface area contributed by atoms with Crippen molar-refractivity contribution in [2.75, 3.05) is 25.9 Å². The van der Waals surface area contributed by atoms with Crippen LogP contribution in [0.25, 0.3) is 0 Å². The lowest BCUT2D eigenvalue weighted by molar-refractivity contribution is -0.263. The molecular weight excluding hydrogens is 572 g/mol. The van der Waals surface area contributed by atoms with Gasteiger partial charge in [-0.15, -0.1) is 16.2 Å². The molecule has 2 heterocycles. The van der Waals surface area contributed by atoms with Gasteiger partial charge in [0.1, 0.15) is 0 Å². The van der Waals surface area contributed by atoms with Gasteiger partial charge in [0.25, 0.3) is 10.0 Å². The Labute approximate surface area is 227 Å². The number of likely N-dealkylation sites (N-methyl/N-ethyl adjacent to an activating group) is 1. The molecule has 2 aliphatic heterocycles. The second kappa shape index (κ2) is 11.3. The van der Waals surface area contributed by atoms with Gasteiger partial charge in [0.2, 0.25) is 11.4 Å². The Kier molecular flexibility index (Phi) is 8.62. The van der Waals surface area contributed by atoms with E-state index in [1.165, 1.54) is 30.1 Å². The van der Waals surface area contributed by atoms with Crippen molar-refractivity contribution in [2.45, 2.75) is 41.5 Å². The van der Waals surface area contributed by atoms with E-state index < -0.39 is 50.3 Å². The minimum atomic E-state index is -5.53. The fourth-order valence-electron chi connectivity index (χ4n) is 4.52. The van der Waals surface area contributed by atoms with Gasteiger partial charge in [0.05, 0.1) is 4.90 Å². The number of benzene rings is 2. The van der Waals surface area contributed by atoms with Crippen LogP contribution >= 0.6 is 23.5 Å². The third-order valence-corrected chi connectivity index (χ3v) is 9.76. The van der Waals surface area contributed by atoms with E-state index in [0.29, 0.717) is 42.2 Å². The predicted octanol–water partition coefficient (Wildman–Crippen LogP) is 4.01. The lowest BCUT2D eigenvalue weighted by Gasteiger charge is -2.48. The second-order valence-electron chi connectivity index (χ2n) is 8.88. The molecule has 2 saturated heterocycles. The molecule has 208 valence electrons. The van der Waals surface area contributed by atoms with Gasteiger partial charge >= 0.3 is 12.1 Å². The Morgan fingerprint density at radius 2 is 1.76 bits per heavy atom. The standard InChI is InChI=1S/C23H25ClF4N4O4S2/c1-29(18-12-13-30(15-18)14-17-8-4-2-5-9-17)22(16-37-21(25)31(22)24)32(36-20(33)23(26,27)28)38(34,35)19-10-6-3-7-11-19/h2-11,18,21H,12-16H2,1H3/t18?,21-,22-/m1/s1. The Bertz CT molecular complexity index is 1230. The summed E-state index contributed by atoms with van der Waals surface area (Å²) in [6.07, 6.45) is -5.05. The van der Waals surface area contributed by atoms with Crippen LogP contribution in [-0.2, 0) is 26.2 Å². The molecule has 0 bridgehead atoms. The molecule has 0 spiro atoms. The van der Waals surface area contributed by atoms with Crippen molar-refractivity contribution in [3.05, 3.63) is 66.2 Å². The maximum Gasteiger partial charge on any atom is 0.492 e. The molecule has 2 aromatic carbocycles. The van der Waals surface area contributed by atoms with Gasteiger partial charge in [0.15, 0.2) is 0 Å². The molecule has 3 atom stereocenters. The number of thioether (sulfide) groups is 1. The molecular formula is C23H25ClF4N4O4S2. The summed E-state index contributed by atoms with van der Waals surface area (Å²) in [6.45, 7) is 1.55. The first-order valence-electron chi connectivity index (χ1n) is 11.5. The van der Waals surface area contributed by atoms with Gasteiger partial charge < -0.3 is 4.84 Å². The van der Waals surface area contributed by atoms with Crippen LogP contribution in [-0.4, -0.2) is 82.6 Å². The number of sulfonamides is 1. The van der Waals surface area contributed by atoms with Gasteiger partial charge in [-0.3, -0.25) is 9.80 Å². The van der Waals surface area contributed by atoms with E-state index in [4.69, 9.17) is 11.8 Å². The van der Waals surface area contributed by atoms with Crippen molar-refractivity contribution in [3.63, 3.8) is 0 Å². The van der Waals surface area contributed by atoms with Crippen LogP contribution in [0.4, 0.5) is 17.6 Å². The summed E-state index contributed by atoms with van der Waals surface area (Å²) in [5.74, 6) is -5.53. The lowest BCUT2D eigenvalue weighted by atomic mass is 10.2. The molecule has 2 aromatic rings. The van der Waals surface area contributed by atoms with E-state index in [-0.39, 0.29) is 4.47 Å². The van der Waals surface area contributed by atoms with Gasteiger partial charge in [-0.2, -0.15) is 13.2 Å². The summed E-state index contributed by atoms with van der Waals surface area (Å²) < 4.78 is 82.5. The summed E-state index contributed by atoms with van der Waals surface area (Å²) in [5.41, 5.74) is -0.962. The summed E-state index contributed by atoms with van der Waals surface area (Å²) in [5, 5.41) is 0. The Hall–Kier alpha value is -1.94. The Balaban J connectivity index is 1.73. The minimum Gasteiger partial charge on any atom is -0.342 e. The van der Waals surface area contributed by atoms with Crippen molar-refractivity contribution >= 4 is 39.5 Å². The van der Waals surface area contributed by atoms with Crippen LogP contribution in [0.3, 0.4) is 0 Å². The van der Waals surface area contributed by atoms with Crippen molar-refractivity contribution in [3.8, 4) is 0 Å². The molecule has 4 rings (SSSR count). The van der Waals surface area contributed by atoms with Crippen LogP contribution in [0.1, 0.15) is 12.0 Å². The fourth-order valence-corrected chi connectivity index (χ4v) is 7.78. The van der Waals surface area contributed by atoms with E-state index in [1.54, 1.807) is 0 Å². The highest BCUT2D eigenvalue weighted by molar-refractivity contribution is 8.00. The number of hydroxylamine groups is 1. The van der Waals surface area contributed by atoms with Crippen molar-refractivity contribution in [1.29, 1.82) is 0 Å². The fraction of sp³-hybridized carbons (Fsp3) is 0.435. The van der Waals surface area contributed by atoms with E-state index >= 15 is 0 Å². The zero-order valence-electron chi connectivity index (χ0n) is 20.1. The Morgan fingerprint density at radius 3 is 2.32 bits per heavy atom. The maximum absolute atomic E-state index is 14.9. The number of nitrogens with zero attached hydrogens (tertiary/aromatic N) is 4. The first-order chi connectivity index (χ1) is 17.9. The quantitative estimate of drug-likeness (QED) is 0.149. The number of carbonyl (C=O) groups is 1. The van der Waals surface area contributed by atoms with Crippen LogP contribution in [0.15, 0.2) is 65.6 Å². The highest BCUT2D eigenvalue weighted by atomic mass is 35.5. The van der Waals surface area contributed by atoms with Crippen molar-refractivity contribution < 1.29 is 35.6 Å².